The van der Waals surface area contributed by atoms with Crippen LogP contribution >= 0.6 is 15.9 Å². The third-order valence-electron chi connectivity index (χ3n) is 2.98. The smallest absolute Gasteiger partial charge is 0.175 e. The Morgan fingerprint density at radius 1 is 1.28 bits per heavy atom. The summed E-state index contributed by atoms with van der Waals surface area (Å²) in [6.45, 7) is 4.78. The second-order valence-electron chi connectivity index (χ2n) is 4.59. The number of rotatable bonds is 3. The van der Waals surface area contributed by atoms with Gasteiger partial charge >= 0.3 is 0 Å². The summed E-state index contributed by atoms with van der Waals surface area (Å²) in [4.78, 5) is 2.70. The number of nitrogens with one attached hydrogen (secondary N) is 1. The van der Waals surface area contributed by atoms with Crippen LogP contribution in [0.5, 0.6) is 0 Å². The molecule has 1 N–H and O–H groups in total. The van der Waals surface area contributed by atoms with Crippen LogP contribution in [0.25, 0.3) is 0 Å². The summed E-state index contributed by atoms with van der Waals surface area (Å²) in [5.74, 6) is 0. The lowest BCUT2D eigenvalue weighted by Crippen LogP contribution is -2.42. The normalized spacial score (nSPS) is 17.9. The second kappa shape index (κ2) is 5.69. The third kappa shape index (κ3) is 3.78. The predicted molar refractivity (Wildman–Crippen MR) is 75.4 cm³/mol. The number of piperazine rings is 1. The van der Waals surface area contributed by atoms with Gasteiger partial charge in [-0.05, 0) is 23.8 Å². The maximum atomic E-state index is 11.6. The molecule has 1 aliphatic rings. The molecule has 2 rings (SSSR count). The number of sulfone groups is 1. The molecule has 18 heavy (non-hydrogen) atoms. The van der Waals surface area contributed by atoms with Gasteiger partial charge in [0.25, 0.3) is 0 Å². The van der Waals surface area contributed by atoms with E-state index in [-0.39, 0.29) is 0 Å². The maximum absolute atomic E-state index is 11.6. The molecule has 0 aliphatic carbocycles. The highest BCUT2D eigenvalue weighted by Crippen LogP contribution is 2.20. The Bertz CT molecular complexity index is 525. The average molecular weight is 333 g/mol. The van der Waals surface area contributed by atoms with Crippen molar-refractivity contribution in [3.63, 3.8) is 0 Å². The van der Waals surface area contributed by atoms with Gasteiger partial charge in [-0.3, -0.25) is 4.90 Å². The number of halogens is 1. The quantitative estimate of drug-likeness (QED) is 0.905. The topological polar surface area (TPSA) is 49.4 Å². The van der Waals surface area contributed by atoms with Crippen LogP contribution in [0.3, 0.4) is 0 Å². The van der Waals surface area contributed by atoms with Crippen molar-refractivity contribution in [2.75, 3.05) is 32.4 Å². The van der Waals surface area contributed by atoms with Crippen molar-refractivity contribution in [3.05, 3.63) is 28.2 Å². The molecular formula is C12H17BrN2O2S. The number of benzene rings is 1. The van der Waals surface area contributed by atoms with Crippen LogP contribution in [0.1, 0.15) is 5.56 Å². The molecule has 0 spiro atoms. The average Bonchev–Trinajstić information content (AvgIpc) is 2.28. The molecule has 1 fully saturated rings. The monoisotopic (exact) mass is 332 g/mol. The van der Waals surface area contributed by atoms with Gasteiger partial charge in [-0.25, -0.2) is 8.42 Å². The lowest BCUT2D eigenvalue weighted by atomic mass is 10.2. The number of hydrogen-bond donors (Lipinski definition) is 1. The number of hydrogen-bond acceptors (Lipinski definition) is 4. The van der Waals surface area contributed by atoms with Gasteiger partial charge in [0.05, 0.1) is 4.90 Å². The summed E-state index contributed by atoms with van der Waals surface area (Å²) in [6.07, 6.45) is 1.24. The molecule has 4 nitrogen and oxygen atoms in total. The minimum absolute atomic E-state index is 0.377. The van der Waals surface area contributed by atoms with Crippen molar-refractivity contribution in [2.45, 2.75) is 11.4 Å². The summed E-state index contributed by atoms with van der Waals surface area (Å²) < 4.78 is 24.0. The molecule has 0 amide bonds. The van der Waals surface area contributed by atoms with Crippen molar-refractivity contribution < 1.29 is 8.42 Å². The molecule has 0 saturated carbocycles. The van der Waals surface area contributed by atoms with Crippen molar-refractivity contribution >= 4 is 25.8 Å². The molecule has 0 bridgehead atoms. The third-order valence-corrected chi connectivity index (χ3v) is 4.52. The summed E-state index contributed by atoms with van der Waals surface area (Å²) in [5, 5.41) is 3.30. The van der Waals surface area contributed by atoms with Gasteiger partial charge in [-0.2, -0.15) is 0 Å². The van der Waals surface area contributed by atoms with E-state index in [1.54, 1.807) is 12.1 Å². The van der Waals surface area contributed by atoms with E-state index >= 15 is 0 Å². The standard InChI is InChI=1S/C12H17BrN2O2S/c1-18(16,17)12-7-10(6-11(13)8-12)9-15-4-2-14-3-5-15/h6-8,14H,2-5,9H2,1H3. The zero-order chi connectivity index (χ0) is 13.2. The second-order valence-corrected chi connectivity index (χ2v) is 7.52. The molecule has 1 aromatic rings. The van der Waals surface area contributed by atoms with Gasteiger partial charge < -0.3 is 5.32 Å². The van der Waals surface area contributed by atoms with E-state index in [0.29, 0.717) is 4.90 Å². The van der Waals surface area contributed by atoms with Crippen molar-refractivity contribution in [1.29, 1.82) is 0 Å². The first kappa shape index (κ1) is 14.0. The van der Waals surface area contributed by atoms with Crippen LogP contribution in [-0.4, -0.2) is 45.8 Å². The van der Waals surface area contributed by atoms with E-state index in [4.69, 9.17) is 0 Å². The van der Waals surface area contributed by atoms with Gasteiger partial charge in [0, 0.05) is 43.5 Å². The Kier molecular flexibility index (Phi) is 4.42. The Hall–Kier alpha value is -0.430. The SMILES string of the molecule is CS(=O)(=O)c1cc(Br)cc(CN2CCNCC2)c1. The van der Waals surface area contributed by atoms with E-state index in [1.165, 1.54) is 6.26 Å². The minimum atomic E-state index is -3.15. The highest BCUT2D eigenvalue weighted by Gasteiger charge is 2.13. The van der Waals surface area contributed by atoms with Crippen molar-refractivity contribution in [3.8, 4) is 0 Å². The minimum Gasteiger partial charge on any atom is -0.314 e. The fraction of sp³-hybridized carbons (Fsp3) is 0.500. The Labute approximate surface area is 116 Å². The molecule has 0 aromatic heterocycles. The van der Waals surface area contributed by atoms with Gasteiger partial charge in [0.15, 0.2) is 9.84 Å². The molecule has 1 saturated heterocycles. The Morgan fingerprint density at radius 2 is 1.94 bits per heavy atom. The number of nitrogens with zero attached hydrogens (tertiary/aromatic N) is 1. The first-order valence-corrected chi connectivity index (χ1v) is 8.56. The molecule has 6 heteroatoms. The van der Waals surface area contributed by atoms with E-state index in [0.717, 1.165) is 42.8 Å². The Balaban J connectivity index is 2.20. The van der Waals surface area contributed by atoms with E-state index in [9.17, 15) is 8.42 Å². The lowest BCUT2D eigenvalue weighted by Gasteiger charge is -2.27. The summed E-state index contributed by atoms with van der Waals surface area (Å²) >= 11 is 3.37. The van der Waals surface area contributed by atoms with Crippen LogP contribution < -0.4 is 5.32 Å². The van der Waals surface area contributed by atoms with Gasteiger partial charge in [-0.1, -0.05) is 15.9 Å². The Morgan fingerprint density at radius 3 is 2.56 bits per heavy atom. The largest absolute Gasteiger partial charge is 0.314 e. The van der Waals surface area contributed by atoms with E-state index < -0.39 is 9.84 Å². The van der Waals surface area contributed by atoms with Crippen molar-refractivity contribution in [2.24, 2.45) is 0 Å². The molecule has 1 heterocycles. The van der Waals surface area contributed by atoms with E-state index in [2.05, 4.69) is 26.1 Å². The molecule has 0 atom stereocenters. The van der Waals surface area contributed by atoms with Crippen LogP contribution in [0.4, 0.5) is 0 Å². The zero-order valence-electron chi connectivity index (χ0n) is 10.3. The molecule has 100 valence electrons. The fourth-order valence-electron chi connectivity index (χ4n) is 2.05. The van der Waals surface area contributed by atoms with Crippen LogP contribution in [0, 0.1) is 0 Å². The summed E-state index contributed by atoms with van der Waals surface area (Å²) in [5.41, 5.74) is 1.03. The highest BCUT2D eigenvalue weighted by molar-refractivity contribution is 9.10. The molecule has 0 unspecified atom stereocenters. The predicted octanol–water partition coefficient (Wildman–Crippen LogP) is 1.26. The van der Waals surface area contributed by atoms with E-state index in [1.807, 2.05) is 6.07 Å². The first-order valence-electron chi connectivity index (χ1n) is 5.88. The summed E-state index contributed by atoms with van der Waals surface area (Å²) in [7, 11) is -3.15. The van der Waals surface area contributed by atoms with Gasteiger partial charge in [0.1, 0.15) is 0 Å². The molecular weight excluding hydrogens is 316 g/mol. The highest BCUT2D eigenvalue weighted by atomic mass is 79.9. The van der Waals surface area contributed by atoms with Crippen LogP contribution in [0.15, 0.2) is 27.6 Å². The molecule has 1 aromatic carbocycles. The summed E-state index contributed by atoms with van der Waals surface area (Å²) in [6, 6.07) is 5.40. The van der Waals surface area contributed by atoms with Crippen LogP contribution in [-0.2, 0) is 16.4 Å². The lowest BCUT2D eigenvalue weighted by molar-refractivity contribution is 0.233. The van der Waals surface area contributed by atoms with Crippen LogP contribution in [0.2, 0.25) is 0 Å². The molecule has 0 radical (unpaired) electrons. The van der Waals surface area contributed by atoms with Gasteiger partial charge in [-0.15, -0.1) is 0 Å². The van der Waals surface area contributed by atoms with Gasteiger partial charge in [0.2, 0.25) is 0 Å². The first-order chi connectivity index (χ1) is 8.45. The molecule has 1 aliphatic heterocycles. The fourth-order valence-corrected chi connectivity index (χ4v) is 3.45. The van der Waals surface area contributed by atoms with Crippen molar-refractivity contribution in [1.82, 2.24) is 10.2 Å². The zero-order valence-corrected chi connectivity index (χ0v) is 12.7. The maximum Gasteiger partial charge on any atom is 0.175 e.